The van der Waals surface area contributed by atoms with E-state index in [-0.39, 0.29) is 19.3 Å². The summed E-state index contributed by atoms with van der Waals surface area (Å²) in [6.45, 7) is 14.3. The normalized spacial score (nSPS) is 12.6. The summed E-state index contributed by atoms with van der Waals surface area (Å²) in [6.07, 6.45) is 2.95. The zero-order valence-corrected chi connectivity index (χ0v) is 21.2. The number of aromatic nitrogens is 3. The Bertz CT molecular complexity index is 1270. The lowest BCUT2D eigenvalue weighted by molar-refractivity contribution is -0.164. The molecule has 0 aromatic carbocycles. The zero-order valence-electron chi connectivity index (χ0n) is 20.3. The summed E-state index contributed by atoms with van der Waals surface area (Å²) >= 11 is 1.25. The van der Waals surface area contributed by atoms with Crippen LogP contribution in [0.3, 0.4) is 0 Å². The second kappa shape index (κ2) is 8.90. The maximum atomic E-state index is 13.7. The number of aryl methyl sites for hydroxylation is 1. The molecule has 0 aliphatic rings. The topological polar surface area (TPSA) is 106 Å². The Kier molecular flexibility index (Phi) is 6.72. The minimum Gasteiger partial charge on any atom is -0.458 e. The van der Waals surface area contributed by atoms with Crippen molar-refractivity contribution < 1.29 is 18.7 Å². The molecule has 0 fully saturated rings. The molecule has 3 aromatic heterocycles. The van der Waals surface area contributed by atoms with Gasteiger partial charge in [-0.15, -0.1) is 11.3 Å². The predicted molar refractivity (Wildman–Crippen MR) is 127 cm³/mol. The lowest BCUT2D eigenvalue weighted by Gasteiger charge is -2.30. The number of rotatable bonds is 7. The van der Waals surface area contributed by atoms with E-state index in [0.29, 0.717) is 26.5 Å². The van der Waals surface area contributed by atoms with Crippen molar-refractivity contribution >= 4 is 27.5 Å². The third kappa shape index (κ3) is 4.81. The number of fused-ring (bicyclic) bond motifs is 1. The molecule has 180 valence electrons. The van der Waals surface area contributed by atoms with Crippen molar-refractivity contribution in [3.63, 3.8) is 0 Å². The van der Waals surface area contributed by atoms with E-state index in [2.05, 4.69) is 4.98 Å². The number of carbonyl (C=O) groups excluding carboxylic acids is 1. The van der Waals surface area contributed by atoms with Crippen LogP contribution in [0.5, 0.6) is 0 Å². The molecule has 0 saturated carbocycles. The van der Waals surface area contributed by atoms with Gasteiger partial charge in [-0.05, 0) is 61.0 Å². The van der Waals surface area contributed by atoms with Gasteiger partial charge in [0, 0.05) is 0 Å². The number of esters is 1. The number of ether oxygens (including phenoxy) is 2. The largest absolute Gasteiger partial charge is 0.458 e. The van der Waals surface area contributed by atoms with Crippen LogP contribution < -0.4 is 11.2 Å². The van der Waals surface area contributed by atoms with Gasteiger partial charge in [-0.25, -0.2) is 19.1 Å². The van der Waals surface area contributed by atoms with E-state index in [4.69, 9.17) is 13.9 Å². The van der Waals surface area contributed by atoms with Crippen LogP contribution in [0.2, 0.25) is 0 Å². The summed E-state index contributed by atoms with van der Waals surface area (Å²) in [5, 5.41) is 0.342. The molecule has 3 aromatic rings. The molecule has 0 unspecified atom stereocenters. The molecule has 3 heterocycles. The Morgan fingerprint density at radius 3 is 2.42 bits per heavy atom. The summed E-state index contributed by atoms with van der Waals surface area (Å²) in [7, 11) is 0. The van der Waals surface area contributed by atoms with Crippen LogP contribution in [0, 0.1) is 6.92 Å². The SMILES string of the molecule is Cc1c(-c2ncco2)sc2c1c(=O)n(C(C)(C)C(=O)OC(C)(C)C)c(=O)n2CCOC(C)C. The van der Waals surface area contributed by atoms with Gasteiger partial charge < -0.3 is 13.9 Å². The van der Waals surface area contributed by atoms with Gasteiger partial charge >= 0.3 is 11.7 Å². The fourth-order valence-electron chi connectivity index (χ4n) is 3.45. The quantitative estimate of drug-likeness (QED) is 0.478. The molecular formula is C23H31N3O6S. The molecule has 0 amide bonds. The molecule has 10 heteroatoms. The first-order valence-corrected chi connectivity index (χ1v) is 11.6. The van der Waals surface area contributed by atoms with E-state index >= 15 is 0 Å². The van der Waals surface area contributed by atoms with Crippen LogP contribution in [-0.2, 0) is 26.4 Å². The molecule has 0 aliphatic heterocycles. The summed E-state index contributed by atoms with van der Waals surface area (Å²) in [6, 6.07) is 0. The van der Waals surface area contributed by atoms with Crippen molar-refractivity contribution in [3.8, 4) is 10.8 Å². The predicted octanol–water partition coefficient (Wildman–Crippen LogP) is 3.69. The van der Waals surface area contributed by atoms with Gasteiger partial charge in [-0.1, -0.05) is 0 Å². The van der Waals surface area contributed by atoms with Gasteiger partial charge in [-0.3, -0.25) is 9.36 Å². The molecule has 0 N–H and O–H groups in total. The maximum Gasteiger partial charge on any atom is 0.333 e. The summed E-state index contributed by atoms with van der Waals surface area (Å²) < 4.78 is 19.1. The molecule has 33 heavy (non-hydrogen) atoms. The monoisotopic (exact) mass is 477 g/mol. The average molecular weight is 478 g/mol. The lowest BCUT2D eigenvalue weighted by Crippen LogP contribution is -2.54. The van der Waals surface area contributed by atoms with Crippen molar-refractivity contribution in [2.24, 2.45) is 0 Å². The number of nitrogens with zero attached hydrogens (tertiary/aromatic N) is 3. The highest BCUT2D eigenvalue weighted by Gasteiger charge is 2.38. The first-order chi connectivity index (χ1) is 15.3. The fourth-order valence-corrected chi connectivity index (χ4v) is 4.71. The van der Waals surface area contributed by atoms with E-state index in [1.807, 2.05) is 13.8 Å². The second-order valence-electron chi connectivity index (χ2n) is 9.63. The van der Waals surface area contributed by atoms with Gasteiger partial charge in [-0.2, -0.15) is 0 Å². The van der Waals surface area contributed by atoms with Gasteiger partial charge in [0.2, 0.25) is 5.89 Å². The molecule has 0 bridgehead atoms. The standard InChI is InChI=1S/C23H31N3O6S/c1-13(2)30-12-10-25-19-15(14(3)16(33-19)17-24-9-11-31-17)18(27)26(21(25)29)23(7,8)20(28)32-22(4,5)6/h9,11,13H,10,12H2,1-8H3. The van der Waals surface area contributed by atoms with Crippen molar-refractivity contribution in [2.75, 3.05) is 6.61 Å². The lowest BCUT2D eigenvalue weighted by atomic mass is 10.0. The number of thiophene rings is 1. The van der Waals surface area contributed by atoms with Crippen molar-refractivity contribution in [3.05, 3.63) is 38.9 Å². The first kappa shape index (κ1) is 24.9. The van der Waals surface area contributed by atoms with Crippen LogP contribution in [0.25, 0.3) is 21.0 Å². The Balaban J connectivity index is 2.30. The van der Waals surface area contributed by atoms with E-state index < -0.39 is 28.4 Å². The highest BCUT2D eigenvalue weighted by Crippen LogP contribution is 2.35. The Morgan fingerprint density at radius 1 is 1.21 bits per heavy atom. The van der Waals surface area contributed by atoms with Crippen LogP contribution in [-0.4, -0.2) is 38.4 Å². The van der Waals surface area contributed by atoms with E-state index in [1.54, 1.807) is 27.7 Å². The Hall–Kier alpha value is -2.72. The van der Waals surface area contributed by atoms with E-state index in [9.17, 15) is 14.4 Å². The highest BCUT2D eigenvalue weighted by molar-refractivity contribution is 7.22. The van der Waals surface area contributed by atoms with Crippen LogP contribution in [0.1, 0.15) is 54.0 Å². The first-order valence-electron chi connectivity index (χ1n) is 10.8. The van der Waals surface area contributed by atoms with E-state index in [1.165, 1.54) is 42.2 Å². The van der Waals surface area contributed by atoms with Gasteiger partial charge in [0.05, 0.1) is 35.7 Å². The molecule has 0 spiro atoms. The third-order valence-corrected chi connectivity index (χ3v) is 6.37. The number of hydrogen-bond acceptors (Lipinski definition) is 8. The van der Waals surface area contributed by atoms with Gasteiger partial charge in [0.25, 0.3) is 5.56 Å². The summed E-state index contributed by atoms with van der Waals surface area (Å²) in [5.74, 6) is -0.303. The Labute approximate surface area is 196 Å². The van der Waals surface area contributed by atoms with Crippen molar-refractivity contribution in [1.82, 2.24) is 14.1 Å². The zero-order chi connectivity index (χ0) is 24.7. The molecule has 0 saturated heterocycles. The number of hydrogen-bond donors (Lipinski definition) is 0. The highest BCUT2D eigenvalue weighted by atomic mass is 32.1. The second-order valence-corrected chi connectivity index (χ2v) is 10.6. The van der Waals surface area contributed by atoms with Crippen LogP contribution in [0.4, 0.5) is 0 Å². The fraction of sp³-hybridized carbons (Fsp3) is 0.565. The maximum absolute atomic E-state index is 13.7. The number of oxazole rings is 1. The third-order valence-electron chi connectivity index (χ3n) is 5.06. The van der Waals surface area contributed by atoms with Crippen LogP contribution in [0.15, 0.2) is 26.5 Å². The van der Waals surface area contributed by atoms with Crippen molar-refractivity contribution in [2.45, 2.75) is 79.2 Å². The minimum atomic E-state index is -1.53. The molecule has 0 atom stereocenters. The summed E-state index contributed by atoms with van der Waals surface area (Å²) in [5.41, 5.74) is -2.83. The smallest absolute Gasteiger partial charge is 0.333 e. The van der Waals surface area contributed by atoms with Gasteiger partial charge in [0.1, 0.15) is 22.2 Å². The minimum absolute atomic E-state index is 0.0201. The van der Waals surface area contributed by atoms with Gasteiger partial charge in [0.15, 0.2) is 0 Å². The molecule has 9 nitrogen and oxygen atoms in total. The summed E-state index contributed by atoms with van der Waals surface area (Å²) in [4.78, 5) is 45.7. The average Bonchev–Trinajstić information content (AvgIpc) is 3.30. The van der Waals surface area contributed by atoms with E-state index in [0.717, 1.165) is 4.57 Å². The van der Waals surface area contributed by atoms with Crippen LogP contribution >= 0.6 is 11.3 Å². The molecule has 0 radical (unpaired) electrons. The molecule has 3 rings (SSSR count). The Morgan fingerprint density at radius 2 is 1.88 bits per heavy atom. The number of carbonyl (C=O) groups is 1. The van der Waals surface area contributed by atoms with Crippen molar-refractivity contribution in [1.29, 1.82) is 0 Å². The molecular weight excluding hydrogens is 446 g/mol. The molecule has 0 aliphatic carbocycles.